The number of benzene rings is 1. The Morgan fingerprint density at radius 3 is 2.35 bits per heavy atom. The quantitative estimate of drug-likeness (QED) is 0.776. The van der Waals surface area contributed by atoms with Gasteiger partial charge in [0.2, 0.25) is 0 Å². The Hall–Kier alpha value is -0.511. The predicted octanol–water partition coefficient (Wildman–Crippen LogP) is 3.13. The monoisotopic (exact) mass is 339 g/mol. The molecule has 17 heavy (non-hydrogen) atoms. The van der Waals surface area contributed by atoms with Gasteiger partial charge in [-0.25, -0.2) is 0 Å². The van der Waals surface area contributed by atoms with Gasteiger partial charge in [-0.2, -0.15) is 0 Å². The summed E-state index contributed by atoms with van der Waals surface area (Å²) in [5.74, 6) is 0. The molecule has 1 aromatic rings. The van der Waals surface area contributed by atoms with Gasteiger partial charge in [0, 0.05) is 0 Å². The summed E-state index contributed by atoms with van der Waals surface area (Å²) >= 11 is -1.90. The van der Waals surface area contributed by atoms with E-state index in [2.05, 4.69) is 51.2 Å². The van der Waals surface area contributed by atoms with Gasteiger partial charge in [0.1, 0.15) is 0 Å². The van der Waals surface area contributed by atoms with Crippen LogP contribution in [0, 0.1) is 0 Å². The molecule has 2 nitrogen and oxygen atoms in total. The van der Waals surface area contributed by atoms with E-state index in [1.165, 1.54) is 5.56 Å². The Kier molecular flexibility index (Phi) is 3.81. The van der Waals surface area contributed by atoms with E-state index in [4.69, 9.17) is 4.84 Å². The molecular weight excluding hydrogens is 317 g/mol. The van der Waals surface area contributed by atoms with Gasteiger partial charge in [-0.05, 0) is 0 Å². The van der Waals surface area contributed by atoms with Gasteiger partial charge in [-0.1, -0.05) is 0 Å². The molecule has 2 rings (SSSR count). The molecule has 1 unspecified atom stereocenters. The number of oxime groups is 1. The molecule has 0 bridgehead atoms. The van der Waals surface area contributed by atoms with Crippen molar-refractivity contribution in [3.63, 3.8) is 0 Å². The Morgan fingerprint density at radius 2 is 1.88 bits per heavy atom. The second-order valence-electron chi connectivity index (χ2n) is 5.71. The third-order valence-electron chi connectivity index (χ3n) is 3.27. The average Bonchev–Trinajstić information content (AvgIpc) is 2.76. The fourth-order valence-electron chi connectivity index (χ4n) is 1.98. The first kappa shape index (κ1) is 12.9. The Morgan fingerprint density at radius 1 is 1.24 bits per heavy atom. The van der Waals surface area contributed by atoms with Crippen LogP contribution in [0.2, 0.25) is 14.8 Å². The average molecular weight is 338 g/mol. The molecule has 0 saturated carbocycles. The minimum atomic E-state index is -1.90. The summed E-state index contributed by atoms with van der Waals surface area (Å²) in [6.07, 6.45) is 2.27. The van der Waals surface area contributed by atoms with Crippen LogP contribution < -0.4 is 3.58 Å². The second-order valence-corrected chi connectivity index (χ2v) is 20.2. The van der Waals surface area contributed by atoms with Crippen molar-refractivity contribution in [2.75, 3.05) is 0 Å². The van der Waals surface area contributed by atoms with Gasteiger partial charge in [-0.3, -0.25) is 0 Å². The van der Waals surface area contributed by atoms with Crippen LogP contribution >= 0.6 is 0 Å². The van der Waals surface area contributed by atoms with Crippen molar-refractivity contribution in [3.8, 4) is 0 Å². The van der Waals surface area contributed by atoms with Crippen LogP contribution in [0.1, 0.15) is 25.3 Å². The normalized spacial score (nSPS) is 20.0. The Labute approximate surface area is 108 Å². The number of hydrogen-bond donors (Lipinski definition) is 0. The maximum absolute atomic E-state index is 5.37. The van der Waals surface area contributed by atoms with Crippen LogP contribution in [0.5, 0.6) is 0 Å². The third-order valence-corrected chi connectivity index (χ3v) is 9.17. The molecule has 92 valence electrons. The molecular formula is C14H21NOSn. The topological polar surface area (TPSA) is 21.6 Å². The molecule has 1 aliphatic heterocycles. The van der Waals surface area contributed by atoms with Gasteiger partial charge in [0.05, 0.1) is 0 Å². The molecule has 3 heteroatoms. The molecule has 1 atom stereocenters. The van der Waals surface area contributed by atoms with Crippen LogP contribution in [0.3, 0.4) is 0 Å². The van der Waals surface area contributed by atoms with E-state index in [0.29, 0.717) is 0 Å². The van der Waals surface area contributed by atoms with Crippen molar-refractivity contribution in [3.05, 3.63) is 29.8 Å². The maximum atomic E-state index is 5.37. The van der Waals surface area contributed by atoms with E-state index >= 15 is 0 Å². The van der Waals surface area contributed by atoms with E-state index in [-0.39, 0.29) is 6.10 Å². The van der Waals surface area contributed by atoms with Gasteiger partial charge in [0.25, 0.3) is 0 Å². The summed E-state index contributed by atoms with van der Waals surface area (Å²) in [7, 11) is 0. The molecule has 0 N–H and O–H groups in total. The van der Waals surface area contributed by atoms with E-state index in [0.717, 1.165) is 18.6 Å². The van der Waals surface area contributed by atoms with Crippen molar-refractivity contribution in [2.45, 2.75) is 40.7 Å². The molecule has 1 aromatic carbocycles. The number of rotatable bonds is 3. The Bertz CT molecular complexity index is 417. The van der Waals surface area contributed by atoms with Gasteiger partial charge in [-0.15, -0.1) is 0 Å². The van der Waals surface area contributed by atoms with Crippen LogP contribution in [0.4, 0.5) is 0 Å². The molecule has 1 heterocycles. The molecule has 0 radical (unpaired) electrons. The number of nitrogens with zero attached hydrogens (tertiary/aromatic N) is 1. The molecule has 0 saturated heterocycles. The predicted molar refractivity (Wildman–Crippen MR) is 75.7 cm³/mol. The summed E-state index contributed by atoms with van der Waals surface area (Å²) < 4.78 is 1.56. The van der Waals surface area contributed by atoms with Gasteiger partial charge in [0.15, 0.2) is 0 Å². The molecule has 0 aliphatic carbocycles. The Balaban J connectivity index is 2.14. The van der Waals surface area contributed by atoms with Crippen molar-refractivity contribution < 1.29 is 4.84 Å². The van der Waals surface area contributed by atoms with Crippen LogP contribution in [-0.4, -0.2) is 30.2 Å². The van der Waals surface area contributed by atoms with Crippen molar-refractivity contribution >= 4 is 27.7 Å². The molecule has 0 amide bonds. The van der Waals surface area contributed by atoms with Crippen LogP contribution in [-0.2, 0) is 4.84 Å². The zero-order chi connectivity index (χ0) is 12.5. The molecule has 1 aliphatic rings. The molecule has 0 aromatic heterocycles. The van der Waals surface area contributed by atoms with E-state index in [1.54, 1.807) is 3.58 Å². The van der Waals surface area contributed by atoms with E-state index in [1.807, 2.05) is 0 Å². The first-order chi connectivity index (χ1) is 8.00. The summed E-state index contributed by atoms with van der Waals surface area (Å²) in [5.41, 5.74) is 2.33. The number of hydrogen-bond acceptors (Lipinski definition) is 2. The summed E-state index contributed by atoms with van der Waals surface area (Å²) in [6, 6.07) is 8.98. The minimum absolute atomic E-state index is 0.284. The van der Waals surface area contributed by atoms with Gasteiger partial charge >= 0.3 is 108 Å². The van der Waals surface area contributed by atoms with E-state index < -0.39 is 18.4 Å². The molecule has 0 fully saturated rings. The standard InChI is InChI=1S/C11H12NO.3CH3.Sn/c1-2-10-8-11(12-13-10)9-6-4-3-5-7-9;;;;/h4-7,10H,2,8H2,1H3;3*1H3;. The van der Waals surface area contributed by atoms with Gasteiger partial charge < -0.3 is 0 Å². The first-order valence-electron chi connectivity index (χ1n) is 6.34. The summed E-state index contributed by atoms with van der Waals surface area (Å²) in [5, 5.41) is 4.18. The second kappa shape index (κ2) is 5.00. The van der Waals surface area contributed by atoms with Crippen molar-refractivity contribution in [1.82, 2.24) is 0 Å². The zero-order valence-corrected chi connectivity index (χ0v) is 14.0. The zero-order valence-electron chi connectivity index (χ0n) is 11.2. The van der Waals surface area contributed by atoms with Crippen molar-refractivity contribution in [2.24, 2.45) is 5.16 Å². The third kappa shape index (κ3) is 3.03. The van der Waals surface area contributed by atoms with Crippen LogP contribution in [0.15, 0.2) is 29.4 Å². The van der Waals surface area contributed by atoms with Crippen molar-refractivity contribution in [1.29, 1.82) is 0 Å². The first-order valence-corrected chi connectivity index (χ1v) is 16.3. The summed E-state index contributed by atoms with van der Waals surface area (Å²) in [6.45, 7) is 2.14. The van der Waals surface area contributed by atoms with Crippen LogP contribution in [0.25, 0.3) is 0 Å². The van der Waals surface area contributed by atoms with E-state index in [9.17, 15) is 0 Å². The fourth-order valence-corrected chi connectivity index (χ4v) is 5.31. The SMILES string of the molecule is CCC1CC(c2cc[c]([Sn]([CH3])([CH3])[CH3])cc2)=NO1. The fraction of sp³-hybridized carbons (Fsp3) is 0.500. The summed E-state index contributed by atoms with van der Waals surface area (Å²) in [4.78, 5) is 12.7. The molecule has 0 spiro atoms.